The Balaban J connectivity index is -0.00000000240. The van der Waals surface area contributed by atoms with Crippen LogP contribution in [0.4, 0.5) is 4.70 Å². The van der Waals surface area contributed by atoms with Crippen molar-refractivity contribution in [3.05, 3.63) is 0 Å². The smallest absolute Gasteiger partial charge is 0.0683 e. The fraction of sp³-hybridized carbons (Fsp3) is 1.00. The first-order valence-corrected chi connectivity index (χ1v) is 5.00. The Kier molecular flexibility index (Phi) is 3780000. The van der Waals surface area contributed by atoms with Crippen LogP contribution in [0.25, 0.3) is 0 Å². The molecule has 0 radical (unpaired) electrons. The molecule has 0 unspecified atom stereocenters. The Bertz CT molecular complexity index is 5.30. The average Bonchev–Trinajstić information content (AvgIpc) is 2.20. The molecule has 0 spiro atoms. The van der Waals surface area contributed by atoms with Crippen LogP contribution in [0.3, 0.4) is 0 Å². The number of halogens is 1. The van der Waals surface area contributed by atoms with Crippen LogP contribution in [0, 0.1) is 0 Å². The molecule has 0 N–H and O–H groups in total. The lowest BCUT2D eigenvalue weighted by atomic mass is 11.0. The van der Waals surface area contributed by atoms with Gasteiger partial charge in [-0.15, -0.1) is 0 Å². The highest BCUT2D eigenvalue weighted by Crippen LogP contribution is 1.15. The highest BCUT2D eigenvalue weighted by molar-refractivity contribution is 3.51. The lowest BCUT2D eigenvalue weighted by Crippen LogP contribution is -0.856. The summed E-state index contributed by atoms with van der Waals surface area (Å²) in [4.78, 5) is 0. The molecule has 0 saturated carbocycles. The third-order valence-electron chi connectivity index (χ3n) is 0. The summed E-state index contributed by atoms with van der Waals surface area (Å²) in [6.45, 7) is 20.0. The first-order chi connectivity index (χ1) is 5.00. The molecule has 0 atom stereocenters. The molecule has 0 nitrogen and oxygen atoms in total. The molecule has 0 aliphatic carbocycles. The first kappa shape index (κ1) is 119. The van der Waals surface area contributed by atoms with E-state index in [4.69, 9.17) is 0 Å². The summed E-state index contributed by atoms with van der Waals surface area (Å²) in [6, 6.07) is 0. The Labute approximate surface area is 104 Å². The number of hydrogen-bond acceptors (Lipinski definition) is 0. The fourth-order valence-electron chi connectivity index (χ4n) is 0. The van der Waals surface area contributed by atoms with Gasteiger partial charge in [0.2, 0.25) is 0 Å². The molecule has 0 rings (SSSR count). The van der Waals surface area contributed by atoms with Crippen molar-refractivity contribution in [2.75, 3.05) is 0 Å². The molecule has 0 aliphatic rings. The summed E-state index contributed by atoms with van der Waals surface area (Å²) in [6.07, 6.45) is 0. The van der Waals surface area contributed by atoms with Crippen LogP contribution in [-0.2, 0) is 0 Å². The van der Waals surface area contributed by atoms with E-state index in [0.717, 1.165) is 0 Å². The van der Waals surface area contributed by atoms with Crippen LogP contribution in [0.1, 0.15) is 98.9 Å². The second kappa shape index (κ2) is 475000. The first-order valence-electron chi connectivity index (χ1n) is 5.00. The fourth-order valence-corrected chi connectivity index (χ4v) is 0. The molecule has 0 amide bonds. The topological polar surface area (TPSA) is 0 Å². The summed E-state index contributed by atoms with van der Waals surface area (Å²) in [5.41, 5.74) is 0. The van der Waals surface area contributed by atoms with Crippen molar-refractivity contribution in [1.29, 1.82) is 0 Å². The molecule has 0 heterocycles. The summed E-state index contributed by atoms with van der Waals surface area (Å²) in [7, 11) is 0. The van der Waals surface area contributed by atoms with E-state index in [2.05, 4.69) is 0 Å². The molecule has 0 saturated heterocycles. The molecule has 1 heteroatoms. The Morgan fingerprint density at radius 2 is 0.267 bits per heavy atom. The zero-order valence-electron chi connectivity index (χ0n) is 10.4. The van der Waals surface area contributed by atoms with Gasteiger partial charge in [-0.1, -0.05) is 98.9 Å². The minimum atomic E-state index is 0. The second-order valence-corrected chi connectivity index (χ2v) is 0. The normalized spacial score (nSPS) is 2.00. The minimum absolute atomic E-state index is 0. The molecule has 15 heavy (non-hydrogen) atoms. The lowest BCUT2D eigenvalue weighted by Gasteiger charge is -1.07. The lowest BCUT2D eigenvalue weighted by molar-refractivity contribution is 1.11. The van der Waals surface area contributed by atoms with Gasteiger partial charge in [-0.2, -0.15) is 0 Å². The SMILES string of the molecule is C.C.C.C.CC.CC.CC.CC.CC.F. The summed E-state index contributed by atoms with van der Waals surface area (Å²) in [5, 5.41) is 0. The van der Waals surface area contributed by atoms with Crippen LogP contribution in [0.2, 0.25) is 0 Å². The van der Waals surface area contributed by atoms with Gasteiger partial charge < -0.3 is 0 Å². The van der Waals surface area contributed by atoms with Crippen molar-refractivity contribution >= 4 is 0 Å². The predicted octanol–water partition coefficient (Wildman–Crippen LogP) is 7.83. The maximum atomic E-state index is 2.00. The van der Waals surface area contributed by atoms with Crippen molar-refractivity contribution in [2.24, 2.45) is 0 Å². The summed E-state index contributed by atoms with van der Waals surface area (Å²) < 4.78 is 0. The van der Waals surface area contributed by atoms with E-state index in [0.29, 0.717) is 0 Å². The van der Waals surface area contributed by atoms with E-state index in [1.54, 1.807) is 0 Å². The van der Waals surface area contributed by atoms with E-state index < -0.39 is 0 Å². The maximum absolute atomic E-state index is 2.00. The quantitative estimate of drug-likeness (QED) is 0.400. The Morgan fingerprint density at radius 3 is 0.267 bits per heavy atom. The van der Waals surface area contributed by atoms with Gasteiger partial charge in [-0.25, -0.2) is 0 Å². The molecule has 0 aromatic carbocycles. The van der Waals surface area contributed by atoms with Gasteiger partial charge in [0, 0.05) is 0 Å². The van der Waals surface area contributed by atoms with Crippen molar-refractivity contribution in [2.45, 2.75) is 98.9 Å². The van der Waals surface area contributed by atoms with Crippen LogP contribution in [-0.4, -0.2) is 0 Å². The average molecular weight is 235 g/mol. The molecule has 0 bridgehead atoms. The number of hydrogen-bond donors (Lipinski definition) is 0. The molecule has 0 aliphatic heterocycles. The largest absolute Gasteiger partial charge is 0.269 e. The van der Waals surface area contributed by atoms with Crippen molar-refractivity contribution in [3.8, 4) is 0 Å². The molecule has 0 fully saturated rings. The van der Waals surface area contributed by atoms with Crippen molar-refractivity contribution in [3.63, 3.8) is 0 Å². The summed E-state index contributed by atoms with van der Waals surface area (Å²) >= 11 is 0. The van der Waals surface area contributed by atoms with Crippen molar-refractivity contribution in [1.82, 2.24) is 0 Å². The van der Waals surface area contributed by atoms with Gasteiger partial charge in [0.1, 0.15) is 0 Å². The van der Waals surface area contributed by atoms with Crippen LogP contribution in [0.15, 0.2) is 0 Å². The van der Waals surface area contributed by atoms with Gasteiger partial charge in [0.15, 0.2) is 0 Å². The maximum Gasteiger partial charge on any atom is -0.0683 e. The molecular weight excluding hydrogens is 187 g/mol. The minimum Gasteiger partial charge on any atom is -0.269 e. The third kappa shape index (κ3) is 405000. The third-order valence-corrected chi connectivity index (χ3v) is 0. The van der Waals surface area contributed by atoms with E-state index in [1.807, 2.05) is 69.2 Å². The Hall–Kier alpha value is -0.0700. The van der Waals surface area contributed by atoms with Gasteiger partial charge in [0.05, 0.1) is 0 Å². The van der Waals surface area contributed by atoms with E-state index >= 15 is 0 Å². The Morgan fingerprint density at radius 1 is 0.267 bits per heavy atom. The van der Waals surface area contributed by atoms with Crippen LogP contribution >= 0.6 is 0 Å². The molecule has 110 valence electrons. The second-order valence-electron chi connectivity index (χ2n) is 0. The monoisotopic (exact) mass is 234 g/mol. The van der Waals surface area contributed by atoms with E-state index in [9.17, 15) is 0 Å². The zero-order chi connectivity index (χ0) is 10.0. The van der Waals surface area contributed by atoms with Gasteiger partial charge in [-0.3, -0.25) is 4.70 Å². The predicted molar refractivity (Wildman–Crippen MR) is 86.2 cm³/mol. The summed E-state index contributed by atoms with van der Waals surface area (Å²) in [5.74, 6) is 0. The highest BCUT2D eigenvalue weighted by atomic mass is 19.0. The van der Waals surface area contributed by atoms with E-state index in [-0.39, 0.29) is 34.4 Å². The van der Waals surface area contributed by atoms with Crippen LogP contribution in [0.5, 0.6) is 0 Å². The number of rotatable bonds is 0. The molecule has 0 aromatic heterocycles. The molecular formula is C14H47F. The van der Waals surface area contributed by atoms with Crippen molar-refractivity contribution < 1.29 is 4.70 Å². The van der Waals surface area contributed by atoms with Gasteiger partial charge in [-0.05, 0) is 0 Å². The molecule has 0 aromatic rings. The zero-order valence-corrected chi connectivity index (χ0v) is 10.4. The van der Waals surface area contributed by atoms with Gasteiger partial charge >= 0.3 is 0 Å². The van der Waals surface area contributed by atoms with E-state index in [1.165, 1.54) is 0 Å². The van der Waals surface area contributed by atoms with Crippen LogP contribution < -0.4 is 0 Å². The van der Waals surface area contributed by atoms with Gasteiger partial charge in [0.25, 0.3) is 0 Å². The highest BCUT2D eigenvalue weighted by Gasteiger charge is 0.940. The standard InChI is InChI=1S/5C2H6.4CH4.FH/c5*1-2;;;;;/h5*1-2H3;4*1H4;1H.